The SMILES string of the molecule is COCCN1CC[C@@H](Nc2nc(OC)c3c(-c4cc(F)c5ncn(CC(F)F)c5c4)c(F)cn3n2)[C@H](F)C1. The Morgan fingerprint density at radius 1 is 1.18 bits per heavy atom. The second kappa shape index (κ2) is 10.7. The summed E-state index contributed by atoms with van der Waals surface area (Å²) in [6.07, 6.45) is -1.22. The normalized spacial score (nSPS) is 18.6. The Labute approximate surface area is 214 Å². The topological polar surface area (TPSA) is 81.7 Å². The van der Waals surface area contributed by atoms with Crippen molar-refractivity contribution < 1.29 is 31.4 Å². The summed E-state index contributed by atoms with van der Waals surface area (Å²) in [6.45, 7) is 1.31. The van der Waals surface area contributed by atoms with E-state index in [9.17, 15) is 17.6 Å². The van der Waals surface area contributed by atoms with Crippen molar-refractivity contribution in [2.45, 2.75) is 31.6 Å². The van der Waals surface area contributed by atoms with Gasteiger partial charge in [-0.3, -0.25) is 4.90 Å². The highest BCUT2D eigenvalue weighted by molar-refractivity contribution is 5.90. The Bertz CT molecular complexity index is 1440. The molecule has 1 aromatic carbocycles. The molecule has 1 saturated heterocycles. The summed E-state index contributed by atoms with van der Waals surface area (Å²) >= 11 is 0. The van der Waals surface area contributed by atoms with Gasteiger partial charge >= 0.3 is 0 Å². The molecule has 0 unspecified atom stereocenters. The summed E-state index contributed by atoms with van der Waals surface area (Å²) in [5.74, 6) is -1.56. The molecule has 4 heterocycles. The van der Waals surface area contributed by atoms with Crippen molar-refractivity contribution in [3.63, 3.8) is 0 Å². The minimum atomic E-state index is -2.69. The van der Waals surface area contributed by atoms with E-state index in [1.54, 1.807) is 7.11 Å². The van der Waals surface area contributed by atoms with Crippen LogP contribution in [0.3, 0.4) is 0 Å². The van der Waals surface area contributed by atoms with Gasteiger partial charge in [0.25, 0.3) is 6.43 Å². The van der Waals surface area contributed by atoms with Gasteiger partial charge in [-0.25, -0.2) is 31.5 Å². The predicted octanol–water partition coefficient (Wildman–Crippen LogP) is 3.77. The van der Waals surface area contributed by atoms with Gasteiger partial charge in [0.2, 0.25) is 11.8 Å². The number of nitrogens with one attached hydrogen (secondary N) is 1. The Kier molecular flexibility index (Phi) is 7.34. The summed E-state index contributed by atoms with van der Waals surface area (Å²) in [4.78, 5) is 10.1. The van der Waals surface area contributed by atoms with Gasteiger partial charge in [0.05, 0.1) is 49.9 Å². The lowest BCUT2D eigenvalue weighted by atomic mass is 10.0. The minimum Gasteiger partial charge on any atom is -0.479 e. The average Bonchev–Trinajstić information content (AvgIpc) is 3.43. The number of hydrogen-bond donors (Lipinski definition) is 1. The molecule has 0 amide bonds. The number of rotatable bonds is 9. The van der Waals surface area contributed by atoms with Gasteiger partial charge < -0.3 is 19.4 Å². The third-order valence-electron chi connectivity index (χ3n) is 6.60. The number of anilines is 1. The van der Waals surface area contributed by atoms with Gasteiger partial charge in [0.1, 0.15) is 17.2 Å². The van der Waals surface area contributed by atoms with Crippen molar-refractivity contribution in [3.05, 3.63) is 36.3 Å². The van der Waals surface area contributed by atoms with Crippen LogP contribution in [0.5, 0.6) is 5.88 Å². The van der Waals surface area contributed by atoms with Crippen LogP contribution in [-0.4, -0.2) is 88.1 Å². The van der Waals surface area contributed by atoms with Crippen LogP contribution < -0.4 is 10.1 Å². The molecule has 0 radical (unpaired) electrons. The zero-order chi connectivity index (χ0) is 27.0. The minimum absolute atomic E-state index is 0.0315. The molecular formula is C24H26F5N7O2. The monoisotopic (exact) mass is 539 g/mol. The number of halogens is 5. The van der Waals surface area contributed by atoms with Crippen molar-refractivity contribution in [2.75, 3.05) is 45.8 Å². The molecule has 204 valence electrons. The number of ether oxygens (including phenoxy) is 2. The van der Waals surface area contributed by atoms with E-state index in [1.165, 1.54) is 17.7 Å². The van der Waals surface area contributed by atoms with Crippen LogP contribution in [0.2, 0.25) is 0 Å². The number of fused-ring (bicyclic) bond motifs is 2. The van der Waals surface area contributed by atoms with Gasteiger partial charge in [-0.05, 0) is 24.1 Å². The van der Waals surface area contributed by atoms with Gasteiger partial charge in [-0.1, -0.05) is 0 Å². The van der Waals surface area contributed by atoms with Crippen molar-refractivity contribution in [1.29, 1.82) is 0 Å². The first-order valence-electron chi connectivity index (χ1n) is 12.0. The highest BCUT2D eigenvalue weighted by atomic mass is 19.3. The van der Waals surface area contributed by atoms with Gasteiger partial charge in [0.15, 0.2) is 11.6 Å². The Morgan fingerprint density at radius 2 is 2.00 bits per heavy atom. The first-order chi connectivity index (χ1) is 18.3. The van der Waals surface area contributed by atoms with Crippen molar-refractivity contribution in [1.82, 2.24) is 29.0 Å². The van der Waals surface area contributed by atoms with E-state index in [2.05, 4.69) is 20.4 Å². The van der Waals surface area contributed by atoms with Crippen LogP contribution in [-0.2, 0) is 11.3 Å². The Hall–Kier alpha value is -3.52. The standard InChI is InChI=1S/C24H26F5N7O2/c1-37-6-5-34-4-3-17(15(26)9-34)31-24-32-23(38-2)22-20(16(27)10-36(22)33-24)13-7-14(25)21-18(8-13)35(12-30-21)11-19(28)29/h7-8,10,12,15,17,19H,3-6,9,11H2,1-2H3,(H,31,33)/t15-,17-/m1/s1. The lowest BCUT2D eigenvalue weighted by Crippen LogP contribution is -2.48. The van der Waals surface area contributed by atoms with Crippen LogP contribution in [0.4, 0.5) is 27.9 Å². The van der Waals surface area contributed by atoms with E-state index in [4.69, 9.17) is 9.47 Å². The fourth-order valence-electron chi connectivity index (χ4n) is 4.78. The molecule has 0 spiro atoms. The number of imidazole rings is 1. The quantitative estimate of drug-likeness (QED) is 0.325. The van der Waals surface area contributed by atoms with E-state index in [1.807, 2.05) is 4.90 Å². The molecule has 4 aromatic rings. The molecule has 1 aliphatic rings. The summed E-state index contributed by atoms with van der Waals surface area (Å²) in [5.41, 5.74) is 0.0697. The van der Waals surface area contributed by atoms with Crippen LogP contribution in [0.1, 0.15) is 6.42 Å². The highest BCUT2D eigenvalue weighted by Crippen LogP contribution is 2.36. The zero-order valence-electron chi connectivity index (χ0n) is 20.7. The number of benzene rings is 1. The van der Waals surface area contributed by atoms with Crippen LogP contribution in [0.15, 0.2) is 24.7 Å². The van der Waals surface area contributed by atoms with Crippen LogP contribution in [0, 0.1) is 11.6 Å². The summed E-state index contributed by atoms with van der Waals surface area (Å²) in [7, 11) is 2.92. The second-order valence-electron chi connectivity index (χ2n) is 9.05. The molecule has 0 aliphatic carbocycles. The predicted molar refractivity (Wildman–Crippen MR) is 129 cm³/mol. The van der Waals surface area contributed by atoms with Crippen molar-refractivity contribution >= 4 is 22.5 Å². The zero-order valence-corrected chi connectivity index (χ0v) is 20.7. The van der Waals surface area contributed by atoms with E-state index in [0.717, 1.165) is 23.2 Å². The molecule has 38 heavy (non-hydrogen) atoms. The first kappa shape index (κ1) is 26.1. The van der Waals surface area contributed by atoms with E-state index in [-0.39, 0.29) is 46.1 Å². The number of alkyl halides is 3. The summed E-state index contributed by atoms with van der Waals surface area (Å²) in [6, 6.07) is 1.88. The maximum atomic E-state index is 15.3. The fourth-order valence-corrected chi connectivity index (χ4v) is 4.78. The molecule has 0 bridgehead atoms. The van der Waals surface area contributed by atoms with Crippen molar-refractivity contribution in [3.8, 4) is 17.0 Å². The first-order valence-corrected chi connectivity index (χ1v) is 12.0. The summed E-state index contributed by atoms with van der Waals surface area (Å²) in [5, 5.41) is 7.26. The number of piperidine rings is 1. The van der Waals surface area contributed by atoms with E-state index >= 15 is 4.39 Å². The number of aromatic nitrogens is 5. The van der Waals surface area contributed by atoms with Gasteiger partial charge in [-0.2, -0.15) is 4.98 Å². The Morgan fingerprint density at radius 3 is 2.71 bits per heavy atom. The highest BCUT2D eigenvalue weighted by Gasteiger charge is 2.30. The molecule has 1 N–H and O–H groups in total. The number of likely N-dealkylation sites (tertiary alicyclic amines) is 1. The summed E-state index contributed by atoms with van der Waals surface area (Å²) < 4.78 is 83.7. The van der Waals surface area contributed by atoms with Crippen molar-refractivity contribution in [2.24, 2.45) is 0 Å². The van der Waals surface area contributed by atoms with Gasteiger partial charge in [0, 0.05) is 26.7 Å². The second-order valence-corrected chi connectivity index (χ2v) is 9.05. The molecule has 14 heteroatoms. The van der Waals surface area contributed by atoms with Crippen LogP contribution >= 0.6 is 0 Å². The van der Waals surface area contributed by atoms with E-state index in [0.29, 0.717) is 26.1 Å². The third-order valence-corrected chi connectivity index (χ3v) is 6.60. The maximum absolute atomic E-state index is 15.3. The molecule has 1 aliphatic heterocycles. The van der Waals surface area contributed by atoms with Gasteiger partial charge in [-0.15, -0.1) is 5.10 Å². The van der Waals surface area contributed by atoms with Crippen LogP contribution in [0.25, 0.3) is 27.7 Å². The number of hydrogen-bond acceptors (Lipinski definition) is 7. The molecule has 3 aromatic heterocycles. The molecule has 1 fully saturated rings. The Balaban J connectivity index is 1.49. The lowest BCUT2D eigenvalue weighted by molar-refractivity contribution is 0.0918. The smallest absolute Gasteiger partial charge is 0.256 e. The van der Waals surface area contributed by atoms with E-state index < -0.39 is 36.8 Å². The average molecular weight is 540 g/mol. The number of nitrogens with zero attached hydrogens (tertiary/aromatic N) is 6. The fraction of sp³-hybridized carbons (Fsp3) is 0.458. The lowest BCUT2D eigenvalue weighted by Gasteiger charge is -2.34. The molecule has 2 atom stereocenters. The number of methoxy groups -OCH3 is 2. The molecular weight excluding hydrogens is 513 g/mol. The third kappa shape index (κ3) is 4.97. The largest absolute Gasteiger partial charge is 0.479 e. The molecule has 9 nitrogen and oxygen atoms in total. The maximum Gasteiger partial charge on any atom is 0.256 e. The molecule has 5 rings (SSSR count). The molecule has 0 saturated carbocycles.